The summed E-state index contributed by atoms with van der Waals surface area (Å²) in [6.45, 7) is 1.94. The highest BCUT2D eigenvalue weighted by Crippen LogP contribution is 2.43. The van der Waals surface area contributed by atoms with Crippen LogP contribution in [0.15, 0.2) is 22.7 Å². The van der Waals surface area contributed by atoms with Gasteiger partial charge in [-0.3, -0.25) is 0 Å². The minimum absolute atomic E-state index is 0.440. The zero-order chi connectivity index (χ0) is 14.3. The summed E-state index contributed by atoms with van der Waals surface area (Å²) in [6.07, 6.45) is 2.74. The van der Waals surface area contributed by atoms with Crippen molar-refractivity contribution in [3.8, 4) is 0 Å². The molecule has 106 valence electrons. The van der Waals surface area contributed by atoms with Crippen molar-refractivity contribution in [2.75, 3.05) is 0 Å². The van der Waals surface area contributed by atoms with Crippen LogP contribution >= 0.6 is 23.2 Å². The Balaban J connectivity index is 1.80. The second-order valence-corrected chi connectivity index (χ2v) is 6.33. The van der Waals surface area contributed by atoms with Crippen molar-refractivity contribution in [3.05, 3.63) is 45.5 Å². The van der Waals surface area contributed by atoms with Crippen molar-refractivity contribution < 1.29 is 4.52 Å². The topological polar surface area (TPSA) is 64.9 Å². The second-order valence-electron chi connectivity index (χ2n) is 5.49. The highest BCUT2D eigenvalue weighted by atomic mass is 35.5. The van der Waals surface area contributed by atoms with Gasteiger partial charge in [-0.25, -0.2) is 0 Å². The first-order valence-corrected chi connectivity index (χ1v) is 7.28. The van der Waals surface area contributed by atoms with Crippen LogP contribution in [0.3, 0.4) is 0 Å². The summed E-state index contributed by atoms with van der Waals surface area (Å²) in [7, 11) is 0. The molecule has 0 radical (unpaired) electrons. The summed E-state index contributed by atoms with van der Waals surface area (Å²) >= 11 is 12.0. The Labute approximate surface area is 127 Å². The van der Waals surface area contributed by atoms with E-state index in [-0.39, 0.29) is 0 Å². The van der Waals surface area contributed by atoms with Crippen LogP contribution in [0.1, 0.15) is 37.0 Å². The van der Waals surface area contributed by atoms with Gasteiger partial charge in [0.05, 0.1) is 5.54 Å². The van der Waals surface area contributed by atoms with Gasteiger partial charge in [0.2, 0.25) is 5.89 Å². The predicted octanol–water partition coefficient (Wildman–Crippen LogP) is 3.55. The van der Waals surface area contributed by atoms with Gasteiger partial charge in [0.25, 0.3) is 0 Å². The standard InChI is InChI=1S/C14H15Cl2N3O/c1-14(17,9-3-4-9)13-18-12(19-20-13)6-8-2-5-10(15)7-11(8)16/h2,5,7,9H,3-4,6,17H2,1H3. The molecule has 1 aromatic carbocycles. The monoisotopic (exact) mass is 311 g/mol. The molecule has 2 aromatic rings. The Bertz CT molecular complexity index is 635. The highest BCUT2D eigenvalue weighted by Gasteiger charge is 2.43. The molecule has 0 saturated heterocycles. The fraction of sp³-hybridized carbons (Fsp3) is 0.429. The van der Waals surface area contributed by atoms with Crippen molar-refractivity contribution in [3.63, 3.8) is 0 Å². The highest BCUT2D eigenvalue weighted by molar-refractivity contribution is 6.35. The van der Waals surface area contributed by atoms with Crippen LogP contribution in [0.5, 0.6) is 0 Å². The third-order valence-electron chi connectivity index (χ3n) is 3.72. The maximum absolute atomic E-state index is 6.26. The molecule has 1 aromatic heterocycles. The molecular weight excluding hydrogens is 297 g/mol. The van der Waals surface area contributed by atoms with Crippen LogP contribution in [-0.4, -0.2) is 10.1 Å². The Morgan fingerprint density at radius 3 is 2.80 bits per heavy atom. The molecule has 0 amide bonds. The molecule has 0 bridgehead atoms. The van der Waals surface area contributed by atoms with Crippen molar-refractivity contribution >= 4 is 23.2 Å². The van der Waals surface area contributed by atoms with Crippen LogP contribution < -0.4 is 5.73 Å². The second kappa shape index (κ2) is 5.02. The third-order valence-corrected chi connectivity index (χ3v) is 4.30. The molecule has 1 atom stereocenters. The summed E-state index contributed by atoms with van der Waals surface area (Å²) in [6, 6.07) is 5.36. The lowest BCUT2D eigenvalue weighted by molar-refractivity contribution is 0.272. The number of nitrogens with two attached hydrogens (primary N) is 1. The maximum Gasteiger partial charge on any atom is 0.246 e. The van der Waals surface area contributed by atoms with Crippen LogP contribution in [0.4, 0.5) is 0 Å². The fourth-order valence-electron chi connectivity index (χ4n) is 2.24. The summed E-state index contributed by atoms with van der Waals surface area (Å²) < 4.78 is 5.31. The minimum Gasteiger partial charge on any atom is -0.337 e. The van der Waals surface area contributed by atoms with Gasteiger partial charge in [0.15, 0.2) is 5.82 Å². The van der Waals surface area contributed by atoms with Crippen LogP contribution in [0.25, 0.3) is 0 Å². The van der Waals surface area contributed by atoms with E-state index in [1.807, 2.05) is 13.0 Å². The van der Waals surface area contributed by atoms with Gasteiger partial charge in [-0.2, -0.15) is 4.98 Å². The molecule has 1 aliphatic carbocycles. The lowest BCUT2D eigenvalue weighted by atomic mass is 9.97. The number of aromatic nitrogens is 2. The number of hydrogen-bond acceptors (Lipinski definition) is 4. The molecule has 1 heterocycles. The van der Waals surface area contributed by atoms with Gasteiger partial charge in [-0.15, -0.1) is 0 Å². The quantitative estimate of drug-likeness (QED) is 0.937. The molecule has 1 aliphatic rings. The van der Waals surface area contributed by atoms with Crippen LogP contribution in [0.2, 0.25) is 10.0 Å². The molecule has 20 heavy (non-hydrogen) atoms. The molecule has 1 unspecified atom stereocenters. The van der Waals surface area contributed by atoms with Crippen molar-refractivity contribution in [2.45, 2.75) is 31.7 Å². The SMILES string of the molecule is CC(N)(c1nc(Cc2ccc(Cl)cc2Cl)no1)C1CC1. The Morgan fingerprint density at radius 2 is 2.15 bits per heavy atom. The number of halogens is 2. The molecule has 3 rings (SSSR count). The van der Waals surface area contributed by atoms with Crippen molar-refractivity contribution in [2.24, 2.45) is 11.7 Å². The number of rotatable bonds is 4. The van der Waals surface area contributed by atoms with E-state index in [9.17, 15) is 0 Å². The Morgan fingerprint density at radius 1 is 1.40 bits per heavy atom. The molecule has 2 N–H and O–H groups in total. The van der Waals surface area contributed by atoms with Gasteiger partial charge >= 0.3 is 0 Å². The Kier molecular flexibility index (Phi) is 3.48. The van der Waals surface area contributed by atoms with E-state index in [1.165, 1.54) is 0 Å². The lowest BCUT2D eigenvalue weighted by Gasteiger charge is -2.18. The van der Waals surface area contributed by atoms with E-state index < -0.39 is 5.54 Å². The van der Waals surface area contributed by atoms with E-state index >= 15 is 0 Å². The van der Waals surface area contributed by atoms with E-state index in [2.05, 4.69) is 10.1 Å². The van der Waals surface area contributed by atoms with Gasteiger partial charge in [-0.1, -0.05) is 34.4 Å². The van der Waals surface area contributed by atoms with Gasteiger partial charge in [0.1, 0.15) is 0 Å². The number of hydrogen-bond donors (Lipinski definition) is 1. The van der Waals surface area contributed by atoms with Gasteiger partial charge in [0, 0.05) is 16.5 Å². The molecular formula is C14H15Cl2N3O. The van der Waals surface area contributed by atoms with Gasteiger partial charge in [-0.05, 0) is 43.4 Å². The number of nitrogens with zero attached hydrogens (tertiary/aromatic N) is 2. The molecule has 0 aliphatic heterocycles. The summed E-state index contributed by atoms with van der Waals surface area (Å²) in [5.41, 5.74) is 6.64. The van der Waals surface area contributed by atoms with Crippen molar-refractivity contribution in [1.82, 2.24) is 10.1 Å². The summed E-state index contributed by atoms with van der Waals surface area (Å²) in [4.78, 5) is 4.41. The first kappa shape index (κ1) is 13.9. The van der Waals surface area contributed by atoms with E-state index in [4.69, 9.17) is 33.5 Å². The van der Waals surface area contributed by atoms with Crippen LogP contribution in [-0.2, 0) is 12.0 Å². The molecule has 1 fully saturated rings. The van der Waals surface area contributed by atoms with E-state index in [0.29, 0.717) is 34.1 Å². The Hall–Kier alpha value is -1.10. The number of benzene rings is 1. The summed E-state index contributed by atoms with van der Waals surface area (Å²) in [5.74, 6) is 1.52. The predicted molar refractivity (Wildman–Crippen MR) is 77.8 cm³/mol. The largest absolute Gasteiger partial charge is 0.337 e. The van der Waals surface area contributed by atoms with Crippen LogP contribution in [0, 0.1) is 5.92 Å². The zero-order valence-corrected chi connectivity index (χ0v) is 12.6. The first-order valence-electron chi connectivity index (χ1n) is 6.52. The zero-order valence-electron chi connectivity index (χ0n) is 11.1. The average molecular weight is 312 g/mol. The molecule has 1 saturated carbocycles. The first-order chi connectivity index (χ1) is 9.46. The smallest absolute Gasteiger partial charge is 0.246 e. The molecule has 0 spiro atoms. The normalized spacial score (nSPS) is 18.0. The lowest BCUT2D eigenvalue weighted by Crippen LogP contribution is -2.35. The molecule has 6 heteroatoms. The average Bonchev–Trinajstić information content (AvgIpc) is 3.14. The van der Waals surface area contributed by atoms with E-state index in [1.54, 1.807) is 12.1 Å². The third kappa shape index (κ3) is 2.68. The maximum atomic E-state index is 6.26. The minimum atomic E-state index is -0.533. The summed E-state index contributed by atoms with van der Waals surface area (Å²) in [5, 5.41) is 5.20. The van der Waals surface area contributed by atoms with Crippen molar-refractivity contribution in [1.29, 1.82) is 0 Å². The molecule has 4 nitrogen and oxygen atoms in total. The van der Waals surface area contributed by atoms with E-state index in [0.717, 1.165) is 18.4 Å². The van der Waals surface area contributed by atoms with Gasteiger partial charge < -0.3 is 10.3 Å². The fourth-order valence-corrected chi connectivity index (χ4v) is 2.71.